The van der Waals surface area contributed by atoms with E-state index in [4.69, 9.17) is 4.74 Å². The molecule has 0 spiro atoms. The van der Waals surface area contributed by atoms with Crippen molar-refractivity contribution in [2.24, 2.45) is 0 Å². The first-order valence-electron chi connectivity index (χ1n) is 7.79. The molecule has 110 valence electrons. The van der Waals surface area contributed by atoms with Gasteiger partial charge in [0.25, 0.3) is 0 Å². The summed E-state index contributed by atoms with van der Waals surface area (Å²) in [4.78, 5) is 0. The number of hydrogen-bond acceptors (Lipinski definition) is 2. The van der Waals surface area contributed by atoms with Gasteiger partial charge in [0, 0.05) is 12.6 Å². The van der Waals surface area contributed by atoms with E-state index < -0.39 is 0 Å². The number of aryl methyl sites for hydroxylation is 1. The normalized spacial score (nSPS) is 20.8. The van der Waals surface area contributed by atoms with Crippen LogP contribution in [-0.2, 0) is 0 Å². The van der Waals surface area contributed by atoms with Crippen LogP contribution in [0.15, 0.2) is 54.6 Å². The van der Waals surface area contributed by atoms with Crippen molar-refractivity contribution in [1.82, 2.24) is 5.32 Å². The first-order valence-corrected chi connectivity index (χ1v) is 7.79. The number of hydrogen-bond donors (Lipinski definition) is 1. The second kappa shape index (κ2) is 6.77. The number of ether oxygens (including phenoxy) is 1. The molecule has 0 atom stereocenters. The van der Waals surface area contributed by atoms with E-state index in [0.717, 1.165) is 24.8 Å². The average Bonchev–Trinajstić information content (AvgIpc) is 2.46. The Morgan fingerprint density at radius 3 is 2.62 bits per heavy atom. The lowest BCUT2D eigenvalue weighted by molar-refractivity contribution is 0.255. The van der Waals surface area contributed by atoms with Crippen molar-refractivity contribution in [2.75, 3.05) is 13.2 Å². The Kier molecular flexibility index (Phi) is 4.56. The minimum atomic E-state index is 0.648. The van der Waals surface area contributed by atoms with Gasteiger partial charge in [-0.15, -0.1) is 0 Å². The van der Waals surface area contributed by atoms with Gasteiger partial charge < -0.3 is 10.1 Å². The van der Waals surface area contributed by atoms with E-state index >= 15 is 0 Å². The summed E-state index contributed by atoms with van der Waals surface area (Å²) in [6.07, 6.45) is 2.49. The molecule has 0 saturated heterocycles. The first kappa shape index (κ1) is 14.2. The van der Waals surface area contributed by atoms with Crippen molar-refractivity contribution < 1.29 is 4.74 Å². The summed E-state index contributed by atoms with van der Waals surface area (Å²) in [5.74, 6) is 1.68. The van der Waals surface area contributed by atoms with E-state index in [-0.39, 0.29) is 0 Å². The fourth-order valence-electron chi connectivity index (χ4n) is 2.93. The molecule has 0 aromatic heterocycles. The molecule has 21 heavy (non-hydrogen) atoms. The van der Waals surface area contributed by atoms with Crippen molar-refractivity contribution >= 4 is 0 Å². The molecule has 1 fully saturated rings. The summed E-state index contributed by atoms with van der Waals surface area (Å²) in [5, 5.41) is 3.58. The van der Waals surface area contributed by atoms with Crippen LogP contribution in [0.25, 0.3) is 0 Å². The number of benzene rings is 2. The van der Waals surface area contributed by atoms with Crippen molar-refractivity contribution in [3.8, 4) is 5.75 Å². The van der Waals surface area contributed by atoms with Crippen LogP contribution >= 0.6 is 0 Å². The molecule has 2 aromatic carbocycles. The van der Waals surface area contributed by atoms with Gasteiger partial charge in [0.05, 0.1) is 0 Å². The molecule has 3 rings (SSSR count). The van der Waals surface area contributed by atoms with Crippen LogP contribution in [-0.4, -0.2) is 19.2 Å². The van der Waals surface area contributed by atoms with E-state index in [9.17, 15) is 0 Å². The molecule has 0 heterocycles. The Morgan fingerprint density at radius 1 is 1.05 bits per heavy atom. The van der Waals surface area contributed by atoms with Gasteiger partial charge in [0.2, 0.25) is 0 Å². The van der Waals surface area contributed by atoms with Gasteiger partial charge in [-0.3, -0.25) is 0 Å². The molecule has 1 saturated carbocycles. The van der Waals surface area contributed by atoms with E-state index in [1.165, 1.54) is 24.0 Å². The predicted molar refractivity (Wildman–Crippen MR) is 86.9 cm³/mol. The van der Waals surface area contributed by atoms with Crippen molar-refractivity contribution in [3.63, 3.8) is 0 Å². The fourth-order valence-corrected chi connectivity index (χ4v) is 2.93. The summed E-state index contributed by atoms with van der Waals surface area (Å²) in [5.41, 5.74) is 2.86. The van der Waals surface area contributed by atoms with Gasteiger partial charge in [-0.2, -0.15) is 0 Å². The van der Waals surface area contributed by atoms with Crippen LogP contribution in [0.1, 0.15) is 29.9 Å². The molecule has 2 aromatic rings. The molecule has 0 bridgehead atoms. The third-order valence-corrected chi connectivity index (χ3v) is 4.20. The van der Waals surface area contributed by atoms with Crippen LogP contribution in [0, 0.1) is 6.92 Å². The quantitative estimate of drug-likeness (QED) is 0.811. The Balaban J connectivity index is 1.34. The van der Waals surface area contributed by atoms with Crippen LogP contribution in [0.4, 0.5) is 0 Å². The van der Waals surface area contributed by atoms with Crippen LogP contribution in [0.3, 0.4) is 0 Å². The topological polar surface area (TPSA) is 21.3 Å². The van der Waals surface area contributed by atoms with E-state index in [1.54, 1.807) is 0 Å². The molecule has 1 N–H and O–H groups in total. The summed E-state index contributed by atoms with van der Waals surface area (Å²) in [6.45, 7) is 3.81. The van der Waals surface area contributed by atoms with Crippen molar-refractivity contribution in [2.45, 2.75) is 31.7 Å². The number of rotatable bonds is 6. The SMILES string of the molecule is Cc1cccc(C2CC(NCCOc3ccccc3)C2)c1. The summed E-state index contributed by atoms with van der Waals surface area (Å²) in [7, 11) is 0. The highest BCUT2D eigenvalue weighted by atomic mass is 16.5. The van der Waals surface area contributed by atoms with Gasteiger partial charge in [-0.1, -0.05) is 48.0 Å². The lowest BCUT2D eigenvalue weighted by atomic mass is 9.75. The minimum absolute atomic E-state index is 0.648. The van der Waals surface area contributed by atoms with Gasteiger partial charge in [-0.25, -0.2) is 0 Å². The molecule has 1 aliphatic rings. The highest BCUT2D eigenvalue weighted by molar-refractivity contribution is 5.27. The lowest BCUT2D eigenvalue weighted by Gasteiger charge is -2.36. The molecule has 0 amide bonds. The third kappa shape index (κ3) is 3.85. The fraction of sp³-hybridized carbons (Fsp3) is 0.368. The monoisotopic (exact) mass is 281 g/mol. The standard InChI is InChI=1S/C19H23NO/c1-15-6-5-7-16(12-15)17-13-18(14-17)20-10-11-21-19-8-3-2-4-9-19/h2-9,12,17-18,20H,10-11,13-14H2,1H3. The maximum absolute atomic E-state index is 5.69. The highest BCUT2D eigenvalue weighted by Crippen LogP contribution is 2.36. The number of para-hydroxylation sites is 1. The molecular weight excluding hydrogens is 258 g/mol. The van der Waals surface area contributed by atoms with E-state index in [1.807, 2.05) is 30.3 Å². The molecule has 0 radical (unpaired) electrons. The Hall–Kier alpha value is -1.80. The Bertz CT molecular complexity index is 561. The van der Waals surface area contributed by atoms with Gasteiger partial charge >= 0.3 is 0 Å². The predicted octanol–water partition coefficient (Wildman–Crippen LogP) is 3.91. The number of nitrogens with one attached hydrogen (secondary N) is 1. The third-order valence-electron chi connectivity index (χ3n) is 4.20. The highest BCUT2D eigenvalue weighted by Gasteiger charge is 2.29. The Labute approximate surface area is 127 Å². The first-order chi connectivity index (χ1) is 10.3. The zero-order chi connectivity index (χ0) is 14.5. The second-order valence-corrected chi connectivity index (χ2v) is 5.90. The van der Waals surface area contributed by atoms with Crippen molar-refractivity contribution in [3.05, 3.63) is 65.7 Å². The molecule has 2 heteroatoms. The van der Waals surface area contributed by atoms with Crippen LogP contribution in [0.2, 0.25) is 0 Å². The van der Waals surface area contributed by atoms with Gasteiger partial charge in [-0.05, 0) is 43.4 Å². The molecule has 1 aliphatic carbocycles. The van der Waals surface area contributed by atoms with E-state index in [0.29, 0.717) is 6.04 Å². The largest absolute Gasteiger partial charge is 0.492 e. The lowest BCUT2D eigenvalue weighted by Crippen LogP contribution is -2.41. The Morgan fingerprint density at radius 2 is 1.86 bits per heavy atom. The van der Waals surface area contributed by atoms with Crippen LogP contribution in [0.5, 0.6) is 5.75 Å². The zero-order valence-electron chi connectivity index (χ0n) is 12.6. The summed E-state index contributed by atoms with van der Waals surface area (Å²) >= 11 is 0. The second-order valence-electron chi connectivity index (χ2n) is 5.90. The van der Waals surface area contributed by atoms with Crippen LogP contribution < -0.4 is 10.1 Å². The van der Waals surface area contributed by atoms with Gasteiger partial charge in [0.1, 0.15) is 12.4 Å². The maximum atomic E-state index is 5.69. The van der Waals surface area contributed by atoms with Gasteiger partial charge in [0.15, 0.2) is 0 Å². The van der Waals surface area contributed by atoms with E-state index in [2.05, 4.69) is 36.5 Å². The molecule has 0 unspecified atom stereocenters. The zero-order valence-corrected chi connectivity index (χ0v) is 12.6. The average molecular weight is 281 g/mol. The molecule has 0 aliphatic heterocycles. The molecular formula is C19H23NO. The minimum Gasteiger partial charge on any atom is -0.492 e. The summed E-state index contributed by atoms with van der Waals surface area (Å²) in [6, 6.07) is 19.6. The molecule has 2 nitrogen and oxygen atoms in total. The maximum Gasteiger partial charge on any atom is 0.119 e. The van der Waals surface area contributed by atoms with Crippen molar-refractivity contribution in [1.29, 1.82) is 0 Å². The smallest absolute Gasteiger partial charge is 0.119 e. The summed E-state index contributed by atoms with van der Waals surface area (Å²) < 4.78 is 5.69.